The van der Waals surface area contributed by atoms with E-state index in [-0.39, 0.29) is 5.82 Å². The molecule has 0 unspecified atom stereocenters. The number of aromatic nitrogens is 1. The number of nitrogens with zero attached hydrogens (tertiary/aromatic N) is 1. The second kappa shape index (κ2) is 9.70. The highest BCUT2D eigenvalue weighted by Crippen LogP contribution is 2.46. The second-order valence-corrected chi connectivity index (χ2v) is 9.85. The van der Waals surface area contributed by atoms with Crippen LogP contribution in [0.1, 0.15) is 58.2 Å². The minimum Gasteiger partial charge on any atom is -0.399 e. The highest BCUT2D eigenvalue weighted by Gasteiger charge is 2.51. The molecule has 0 spiro atoms. The van der Waals surface area contributed by atoms with Crippen molar-refractivity contribution in [3.05, 3.63) is 53.6 Å². The van der Waals surface area contributed by atoms with E-state index in [1.165, 1.54) is 6.07 Å². The lowest BCUT2D eigenvalue weighted by molar-refractivity contribution is -0.0531. The third-order valence-electron chi connectivity index (χ3n) is 6.87. The summed E-state index contributed by atoms with van der Waals surface area (Å²) < 4.78 is 37.4. The molecule has 2 atom stereocenters. The van der Waals surface area contributed by atoms with Crippen molar-refractivity contribution in [1.82, 2.24) is 4.98 Å². The Kier molecular flexibility index (Phi) is 7.10. The maximum absolute atomic E-state index is 14.5. The normalized spacial score (nSPS) is 23.0. The van der Waals surface area contributed by atoms with E-state index in [2.05, 4.69) is 10.3 Å². The third-order valence-corrected chi connectivity index (χ3v) is 6.87. The zero-order chi connectivity index (χ0) is 23.6. The molecule has 0 amide bonds. The van der Waals surface area contributed by atoms with E-state index in [1.54, 1.807) is 6.07 Å². The van der Waals surface area contributed by atoms with E-state index < -0.39 is 18.3 Å². The van der Waals surface area contributed by atoms with Gasteiger partial charge in [0.1, 0.15) is 12.6 Å². The van der Waals surface area contributed by atoms with Gasteiger partial charge in [0, 0.05) is 30.3 Å². The molecule has 2 heterocycles. The van der Waals surface area contributed by atoms with Crippen molar-refractivity contribution in [1.29, 1.82) is 0 Å². The quantitative estimate of drug-likeness (QED) is 0.328. The maximum atomic E-state index is 14.5. The molecular weight excluding hydrogens is 422 g/mol. The topological polar surface area (TPSA) is 61.8 Å². The highest BCUT2D eigenvalue weighted by atomic mass is 19.1. The van der Waals surface area contributed by atoms with Crippen LogP contribution in [0.25, 0.3) is 0 Å². The summed E-state index contributed by atoms with van der Waals surface area (Å²) in [6, 6.07) is 9.03. The van der Waals surface area contributed by atoms with Crippen molar-refractivity contribution in [2.24, 2.45) is 5.92 Å². The van der Waals surface area contributed by atoms with Crippen molar-refractivity contribution in [3.63, 3.8) is 0 Å². The SMILES string of the molecule is CCOCOC[C@H]1C[C@@H]1c1ccc(NCc2cc(B3OC(C)(C)C(C)(C)O3)ccc2F)cn1. The van der Waals surface area contributed by atoms with Gasteiger partial charge in [-0.1, -0.05) is 12.1 Å². The van der Waals surface area contributed by atoms with Crippen molar-refractivity contribution in [2.75, 3.05) is 25.3 Å². The first-order valence-corrected chi connectivity index (χ1v) is 11.7. The minimum atomic E-state index is -0.515. The van der Waals surface area contributed by atoms with Crippen LogP contribution >= 0.6 is 0 Å². The van der Waals surface area contributed by atoms with Gasteiger partial charge in [-0.3, -0.25) is 4.98 Å². The highest BCUT2D eigenvalue weighted by molar-refractivity contribution is 6.62. The van der Waals surface area contributed by atoms with Crippen molar-refractivity contribution >= 4 is 18.3 Å². The second-order valence-electron chi connectivity index (χ2n) is 9.85. The smallest absolute Gasteiger partial charge is 0.399 e. The van der Waals surface area contributed by atoms with Crippen LogP contribution in [0.2, 0.25) is 0 Å². The van der Waals surface area contributed by atoms with Gasteiger partial charge >= 0.3 is 7.12 Å². The van der Waals surface area contributed by atoms with Crippen LogP contribution in [0, 0.1) is 11.7 Å². The summed E-state index contributed by atoms with van der Waals surface area (Å²) >= 11 is 0. The van der Waals surface area contributed by atoms with Gasteiger partial charge in [0.2, 0.25) is 0 Å². The Hall–Kier alpha value is -2.00. The number of hydrogen-bond donors (Lipinski definition) is 1. The van der Waals surface area contributed by atoms with Gasteiger partial charge in [-0.05, 0) is 70.6 Å². The van der Waals surface area contributed by atoms with Crippen LogP contribution in [0.4, 0.5) is 10.1 Å². The Morgan fingerprint density at radius 2 is 1.88 bits per heavy atom. The molecule has 2 fully saturated rings. The molecule has 6 nitrogen and oxygen atoms in total. The zero-order valence-electron chi connectivity index (χ0n) is 20.2. The average Bonchev–Trinajstić information content (AvgIpc) is 3.50. The molecule has 0 bridgehead atoms. The first kappa shape index (κ1) is 24.1. The molecule has 1 N–H and O–H groups in total. The Bertz CT molecular complexity index is 938. The lowest BCUT2D eigenvalue weighted by Crippen LogP contribution is -2.41. The fourth-order valence-corrected chi connectivity index (χ4v) is 3.92. The molecule has 1 aliphatic heterocycles. The van der Waals surface area contributed by atoms with Gasteiger partial charge < -0.3 is 24.1 Å². The van der Waals surface area contributed by atoms with Gasteiger partial charge in [0.05, 0.1) is 29.7 Å². The predicted octanol–water partition coefficient (Wildman–Crippen LogP) is 4.25. The molecule has 4 rings (SSSR count). The van der Waals surface area contributed by atoms with Crippen LogP contribution < -0.4 is 10.8 Å². The standard InChI is InChI=1S/C25H34BFN2O4/c1-6-30-16-31-15-18-12-21(18)23-10-8-20(14-29-23)28-13-17-11-19(7-9-22(17)27)26-32-24(2,3)25(4,5)33-26/h7-11,14,18,21,28H,6,12-13,15-16H2,1-5H3/t18-,21+/m1/s1. The summed E-state index contributed by atoms with van der Waals surface area (Å²) in [7, 11) is -0.515. The summed E-state index contributed by atoms with van der Waals surface area (Å²) in [6.45, 7) is 12.0. The number of ether oxygens (including phenoxy) is 2. The van der Waals surface area contributed by atoms with E-state index in [4.69, 9.17) is 18.8 Å². The Morgan fingerprint density at radius 1 is 1.12 bits per heavy atom. The fraction of sp³-hybridized carbons (Fsp3) is 0.560. The van der Waals surface area contributed by atoms with Crippen molar-refractivity contribution < 1.29 is 23.2 Å². The molecule has 2 aromatic rings. The summed E-state index contributed by atoms with van der Waals surface area (Å²) in [4.78, 5) is 4.60. The van der Waals surface area contributed by atoms with E-state index in [0.29, 0.717) is 44.0 Å². The van der Waals surface area contributed by atoms with Crippen LogP contribution in [0.5, 0.6) is 0 Å². The first-order valence-electron chi connectivity index (χ1n) is 11.7. The molecule has 1 aliphatic carbocycles. The minimum absolute atomic E-state index is 0.264. The average molecular weight is 456 g/mol. The monoisotopic (exact) mass is 456 g/mol. The van der Waals surface area contributed by atoms with Crippen LogP contribution in [-0.4, -0.2) is 43.3 Å². The molecule has 0 radical (unpaired) electrons. The van der Waals surface area contributed by atoms with Crippen molar-refractivity contribution in [3.8, 4) is 0 Å². The van der Waals surface area contributed by atoms with Crippen LogP contribution in [-0.2, 0) is 25.3 Å². The Balaban J connectivity index is 1.32. The largest absolute Gasteiger partial charge is 0.494 e. The fourth-order valence-electron chi connectivity index (χ4n) is 3.92. The molecule has 178 valence electrons. The molecule has 1 saturated heterocycles. The molecule has 1 saturated carbocycles. The van der Waals surface area contributed by atoms with E-state index in [1.807, 2.05) is 59.0 Å². The molecule has 8 heteroatoms. The van der Waals surface area contributed by atoms with Crippen LogP contribution in [0.15, 0.2) is 36.5 Å². The summed E-state index contributed by atoms with van der Waals surface area (Å²) in [5.74, 6) is 0.679. The number of pyridine rings is 1. The zero-order valence-corrected chi connectivity index (χ0v) is 20.2. The molecule has 1 aromatic carbocycles. The number of anilines is 1. The third kappa shape index (κ3) is 5.57. The maximum Gasteiger partial charge on any atom is 0.494 e. The van der Waals surface area contributed by atoms with Gasteiger partial charge in [-0.2, -0.15) is 0 Å². The Morgan fingerprint density at radius 3 is 2.55 bits per heavy atom. The number of hydrogen-bond acceptors (Lipinski definition) is 6. The first-order chi connectivity index (χ1) is 15.7. The van der Waals surface area contributed by atoms with Gasteiger partial charge in [-0.25, -0.2) is 4.39 Å². The lowest BCUT2D eigenvalue weighted by Gasteiger charge is -2.32. The number of halogens is 1. The predicted molar refractivity (Wildman–Crippen MR) is 127 cm³/mol. The van der Waals surface area contributed by atoms with Gasteiger partial charge in [0.15, 0.2) is 0 Å². The van der Waals surface area contributed by atoms with Crippen molar-refractivity contribution in [2.45, 2.75) is 64.7 Å². The van der Waals surface area contributed by atoms with E-state index in [0.717, 1.165) is 23.3 Å². The summed E-state index contributed by atoms with van der Waals surface area (Å²) in [5.41, 5.74) is 2.41. The van der Waals surface area contributed by atoms with E-state index >= 15 is 0 Å². The number of rotatable bonds is 10. The number of nitrogens with one attached hydrogen (secondary N) is 1. The number of benzene rings is 1. The van der Waals surface area contributed by atoms with E-state index in [9.17, 15) is 4.39 Å². The molecule has 33 heavy (non-hydrogen) atoms. The lowest BCUT2D eigenvalue weighted by atomic mass is 9.78. The Labute approximate surface area is 196 Å². The van der Waals surface area contributed by atoms with Gasteiger partial charge in [-0.15, -0.1) is 0 Å². The molecular formula is C25H34BFN2O4. The summed E-state index contributed by atoms with van der Waals surface area (Å²) in [6.07, 6.45) is 2.89. The summed E-state index contributed by atoms with van der Waals surface area (Å²) in [5, 5.41) is 3.27. The van der Waals surface area contributed by atoms with Crippen LogP contribution in [0.3, 0.4) is 0 Å². The molecule has 1 aromatic heterocycles. The van der Waals surface area contributed by atoms with Gasteiger partial charge in [0.25, 0.3) is 0 Å². The molecule has 2 aliphatic rings.